The number of benzene rings is 2. The first-order chi connectivity index (χ1) is 22.5. The quantitative estimate of drug-likeness (QED) is 0.172. The Hall–Kier alpha value is -3.67. The number of nitrogens with one attached hydrogen (secondary N) is 2. The predicted molar refractivity (Wildman–Crippen MR) is 174 cm³/mol. The molecule has 2 N–H and O–H groups in total. The molecule has 1 aliphatic heterocycles. The largest absolute Gasteiger partial charge is 0.492 e. The van der Waals surface area contributed by atoms with E-state index in [1.54, 1.807) is 57.0 Å². The molecule has 2 aliphatic rings. The van der Waals surface area contributed by atoms with Crippen LogP contribution in [0.25, 0.3) is 0 Å². The second kappa shape index (κ2) is 14.6. The lowest BCUT2D eigenvalue weighted by Crippen LogP contribution is -2.18. The molecular weight excluding hydrogens is 634 g/mol. The summed E-state index contributed by atoms with van der Waals surface area (Å²) < 4.78 is 72.3. The minimum atomic E-state index is -4.76. The van der Waals surface area contributed by atoms with Gasteiger partial charge in [-0.2, -0.15) is 18.2 Å². The van der Waals surface area contributed by atoms with Gasteiger partial charge in [0, 0.05) is 19.8 Å². The van der Waals surface area contributed by atoms with Gasteiger partial charge in [-0.05, 0) is 74.4 Å². The van der Waals surface area contributed by atoms with Crippen LogP contribution in [0, 0.1) is 0 Å². The average Bonchev–Trinajstić information content (AvgIpc) is 3.32. The van der Waals surface area contributed by atoms with E-state index in [1.165, 1.54) is 6.42 Å². The Morgan fingerprint density at radius 1 is 0.979 bits per heavy atom. The highest BCUT2D eigenvalue weighted by molar-refractivity contribution is 7.53. The molecule has 0 spiro atoms. The van der Waals surface area contributed by atoms with Gasteiger partial charge in [-0.25, -0.2) is 4.98 Å². The Labute approximate surface area is 272 Å². The van der Waals surface area contributed by atoms with Gasteiger partial charge in [0.2, 0.25) is 5.95 Å². The number of hydrogen-bond donors (Lipinski definition) is 2. The van der Waals surface area contributed by atoms with E-state index >= 15 is 0 Å². The summed E-state index contributed by atoms with van der Waals surface area (Å²) in [5.41, 5.74) is 2.53. The number of carbonyl (C=O) groups is 1. The van der Waals surface area contributed by atoms with Gasteiger partial charge in [-0.1, -0.05) is 31.4 Å². The molecule has 0 atom stereocenters. The lowest BCUT2D eigenvalue weighted by Gasteiger charge is -2.25. The van der Waals surface area contributed by atoms with Crippen molar-refractivity contribution in [3.63, 3.8) is 0 Å². The Kier molecular flexibility index (Phi) is 10.8. The molecule has 0 radical (unpaired) electrons. The second-order valence-corrected chi connectivity index (χ2v) is 13.7. The molecule has 0 bridgehead atoms. The van der Waals surface area contributed by atoms with Crippen LogP contribution in [-0.4, -0.2) is 47.6 Å². The third-order valence-electron chi connectivity index (χ3n) is 8.32. The maximum atomic E-state index is 14.2. The van der Waals surface area contributed by atoms with Gasteiger partial charge in [0.15, 0.2) is 0 Å². The van der Waals surface area contributed by atoms with E-state index in [-0.39, 0.29) is 43.5 Å². The molecule has 10 nitrogen and oxygen atoms in total. The normalized spacial score (nSPS) is 15.6. The van der Waals surface area contributed by atoms with Crippen LogP contribution in [0.4, 0.5) is 36.3 Å². The summed E-state index contributed by atoms with van der Waals surface area (Å²) in [7, 11) is -1.70. The Morgan fingerprint density at radius 2 is 1.68 bits per heavy atom. The summed E-state index contributed by atoms with van der Waals surface area (Å²) in [6.45, 7) is 6.37. The number of fused-ring (bicyclic) bond motifs is 1. The summed E-state index contributed by atoms with van der Waals surface area (Å²) in [6.07, 6.45) is 1.42. The van der Waals surface area contributed by atoms with Crippen molar-refractivity contribution in [2.24, 2.45) is 0 Å². The van der Waals surface area contributed by atoms with Crippen molar-refractivity contribution in [2.75, 3.05) is 37.5 Å². The molecule has 5 rings (SSSR count). The van der Waals surface area contributed by atoms with E-state index in [0.717, 1.165) is 36.8 Å². The maximum absolute atomic E-state index is 14.2. The fourth-order valence-electron chi connectivity index (χ4n) is 6.26. The van der Waals surface area contributed by atoms with Crippen molar-refractivity contribution in [1.29, 1.82) is 0 Å². The van der Waals surface area contributed by atoms with E-state index in [4.69, 9.17) is 13.8 Å². The third-order valence-corrected chi connectivity index (χ3v) is 10.4. The highest BCUT2D eigenvalue weighted by Crippen LogP contribution is 2.52. The van der Waals surface area contributed by atoms with Gasteiger partial charge in [0.1, 0.15) is 17.1 Å². The van der Waals surface area contributed by atoms with Crippen LogP contribution in [0.3, 0.4) is 0 Å². The summed E-state index contributed by atoms with van der Waals surface area (Å²) >= 11 is 0. The molecule has 1 saturated carbocycles. The van der Waals surface area contributed by atoms with Crippen molar-refractivity contribution < 1.29 is 36.3 Å². The van der Waals surface area contributed by atoms with Crippen LogP contribution in [-0.2, 0) is 32.5 Å². The summed E-state index contributed by atoms with van der Waals surface area (Å²) in [4.78, 5) is 23.1. The second-order valence-electron chi connectivity index (χ2n) is 11.6. The number of ether oxygens (including phenoxy) is 1. The van der Waals surface area contributed by atoms with Crippen LogP contribution >= 0.6 is 7.60 Å². The SMILES string of the molecule is CCOc1cc(CP(=O)(OCC)OCC)ccc1Nc1ncc(C(F)(F)F)c(Nc2ccc(C3CCCCC3)c3c2C(=O)N(C)C3)n1. The molecule has 3 aromatic rings. The van der Waals surface area contributed by atoms with Crippen LogP contribution in [0.2, 0.25) is 0 Å². The van der Waals surface area contributed by atoms with Gasteiger partial charge in [0.05, 0.1) is 42.9 Å². The highest BCUT2D eigenvalue weighted by Gasteiger charge is 2.37. The van der Waals surface area contributed by atoms with Gasteiger partial charge in [0.25, 0.3) is 5.91 Å². The van der Waals surface area contributed by atoms with Crippen molar-refractivity contribution >= 4 is 36.6 Å². The Balaban J connectivity index is 1.48. The average molecular weight is 676 g/mol. The number of carbonyl (C=O) groups excluding carboxylic acids is 1. The molecule has 2 heterocycles. The first-order valence-corrected chi connectivity index (χ1v) is 17.7. The monoisotopic (exact) mass is 675 g/mol. The zero-order valence-corrected chi connectivity index (χ0v) is 28.0. The molecule has 0 saturated heterocycles. The molecule has 0 unspecified atom stereocenters. The highest BCUT2D eigenvalue weighted by atomic mass is 31.2. The van der Waals surface area contributed by atoms with Crippen LogP contribution in [0.15, 0.2) is 36.5 Å². The van der Waals surface area contributed by atoms with E-state index in [0.29, 0.717) is 41.2 Å². The minimum Gasteiger partial charge on any atom is -0.492 e. The third kappa shape index (κ3) is 7.90. The fourth-order valence-corrected chi connectivity index (χ4v) is 7.95. The number of aromatic nitrogens is 2. The number of nitrogens with zero attached hydrogens (tertiary/aromatic N) is 3. The summed E-state index contributed by atoms with van der Waals surface area (Å²) in [6, 6.07) is 8.62. The molecule has 1 aromatic heterocycles. The van der Waals surface area contributed by atoms with E-state index < -0.39 is 25.2 Å². The predicted octanol–water partition coefficient (Wildman–Crippen LogP) is 8.78. The van der Waals surface area contributed by atoms with Gasteiger partial charge < -0.3 is 29.3 Å². The first-order valence-electron chi connectivity index (χ1n) is 16.0. The molecule has 1 aliphatic carbocycles. The number of anilines is 4. The van der Waals surface area contributed by atoms with Crippen molar-refractivity contribution in [1.82, 2.24) is 14.9 Å². The van der Waals surface area contributed by atoms with Crippen molar-refractivity contribution in [3.05, 3.63) is 64.3 Å². The first kappa shape index (κ1) is 34.7. The molecule has 2 aromatic carbocycles. The van der Waals surface area contributed by atoms with Crippen LogP contribution in [0.1, 0.15) is 91.4 Å². The van der Waals surface area contributed by atoms with Gasteiger partial charge in [-0.15, -0.1) is 0 Å². The fraction of sp³-hybridized carbons (Fsp3) is 0.485. The molecule has 47 heavy (non-hydrogen) atoms. The zero-order chi connectivity index (χ0) is 33.8. The number of amides is 1. The van der Waals surface area contributed by atoms with Crippen LogP contribution in [0.5, 0.6) is 5.75 Å². The van der Waals surface area contributed by atoms with E-state index in [2.05, 4.69) is 20.6 Å². The van der Waals surface area contributed by atoms with Crippen molar-refractivity contribution in [2.45, 2.75) is 77.7 Å². The standard InChI is InChI=1S/C33H41F3N5O5P/c1-5-44-28-17-21(20-47(43,45-6-2)46-7-3)13-15-26(28)39-32-37-18-25(33(34,35)36)30(40-32)38-27-16-14-23(22-11-9-8-10-12-22)24-19-41(4)31(42)29(24)27/h13-18,22H,5-12,19-20H2,1-4H3,(H2,37,38,39,40). The molecular formula is C33H41F3N5O5P. The van der Waals surface area contributed by atoms with Crippen molar-refractivity contribution in [3.8, 4) is 5.75 Å². The molecule has 1 amide bonds. The zero-order valence-electron chi connectivity index (χ0n) is 27.1. The number of alkyl halides is 3. The molecule has 254 valence electrons. The number of halogens is 3. The topological polar surface area (TPSA) is 115 Å². The number of hydrogen-bond acceptors (Lipinski definition) is 9. The smallest absolute Gasteiger partial charge is 0.421 e. The van der Waals surface area contributed by atoms with E-state index in [9.17, 15) is 22.5 Å². The lowest BCUT2D eigenvalue weighted by atomic mass is 9.81. The minimum absolute atomic E-state index is 0.0116. The Morgan fingerprint density at radius 3 is 2.34 bits per heavy atom. The lowest BCUT2D eigenvalue weighted by molar-refractivity contribution is -0.137. The van der Waals surface area contributed by atoms with Gasteiger partial charge in [-0.3, -0.25) is 9.36 Å². The maximum Gasteiger partial charge on any atom is 0.421 e. The number of rotatable bonds is 13. The van der Waals surface area contributed by atoms with Crippen LogP contribution < -0.4 is 15.4 Å². The summed E-state index contributed by atoms with van der Waals surface area (Å²) in [5, 5.41) is 5.80. The van der Waals surface area contributed by atoms with E-state index in [1.807, 2.05) is 6.07 Å². The molecule has 14 heteroatoms. The Bertz CT molecular complexity index is 1640. The molecule has 1 fully saturated rings. The van der Waals surface area contributed by atoms with Gasteiger partial charge >= 0.3 is 13.8 Å². The summed E-state index contributed by atoms with van der Waals surface area (Å²) in [5.74, 6) is -0.188.